The summed E-state index contributed by atoms with van der Waals surface area (Å²) in [6.07, 6.45) is 5.85. The molecular weight excluding hydrogens is 304 g/mol. The highest BCUT2D eigenvalue weighted by Crippen LogP contribution is 2.29. The molecular formula is C19H20N2O3. The van der Waals surface area contributed by atoms with Crippen LogP contribution in [-0.2, 0) is 11.3 Å². The lowest BCUT2D eigenvalue weighted by Gasteiger charge is -2.21. The van der Waals surface area contributed by atoms with Crippen LogP contribution in [0.2, 0.25) is 0 Å². The normalized spacial score (nSPS) is 18.1. The quantitative estimate of drug-likeness (QED) is 0.719. The lowest BCUT2D eigenvalue weighted by atomic mass is 10.2. The lowest BCUT2D eigenvalue weighted by molar-refractivity contribution is 0.0258. The van der Waals surface area contributed by atoms with Crippen molar-refractivity contribution in [1.29, 1.82) is 0 Å². The van der Waals surface area contributed by atoms with Crippen LogP contribution in [0, 0.1) is 0 Å². The highest BCUT2D eigenvalue weighted by Gasteiger charge is 2.28. The van der Waals surface area contributed by atoms with E-state index in [0.29, 0.717) is 0 Å². The van der Waals surface area contributed by atoms with Gasteiger partial charge >= 0.3 is 0 Å². The summed E-state index contributed by atoms with van der Waals surface area (Å²) in [4.78, 5) is 2.28. The summed E-state index contributed by atoms with van der Waals surface area (Å²) in [6, 6.07) is 14.0. The van der Waals surface area contributed by atoms with E-state index in [9.17, 15) is 0 Å². The molecule has 0 radical (unpaired) electrons. The molecule has 1 atom stereocenters. The Hall–Kier alpha value is -2.50. The maximum absolute atomic E-state index is 5.94. The highest BCUT2D eigenvalue weighted by molar-refractivity contribution is 5.39. The number of methoxy groups -OCH3 is 1. The van der Waals surface area contributed by atoms with Crippen LogP contribution in [0.3, 0.4) is 0 Å². The van der Waals surface area contributed by atoms with Crippen LogP contribution in [0.5, 0.6) is 5.75 Å². The Labute approximate surface area is 141 Å². The summed E-state index contributed by atoms with van der Waals surface area (Å²) in [7, 11) is 1.67. The monoisotopic (exact) mass is 324 g/mol. The van der Waals surface area contributed by atoms with Crippen molar-refractivity contribution in [2.24, 2.45) is 0 Å². The van der Waals surface area contributed by atoms with E-state index in [1.165, 1.54) is 0 Å². The van der Waals surface area contributed by atoms with Gasteiger partial charge in [0.1, 0.15) is 17.7 Å². The fourth-order valence-electron chi connectivity index (χ4n) is 3.05. The molecule has 0 saturated carbocycles. The predicted octanol–water partition coefficient (Wildman–Crippen LogP) is 3.61. The van der Waals surface area contributed by atoms with Gasteiger partial charge in [-0.3, -0.25) is 4.90 Å². The van der Waals surface area contributed by atoms with Crippen LogP contribution < -0.4 is 4.74 Å². The van der Waals surface area contributed by atoms with Crippen LogP contribution >= 0.6 is 0 Å². The smallest absolute Gasteiger partial charge is 0.138 e. The van der Waals surface area contributed by atoms with Crippen molar-refractivity contribution >= 4 is 0 Å². The molecule has 0 bridgehead atoms. The van der Waals surface area contributed by atoms with Crippen LogP contribution in [0.1, 0.15) is 17.6 Å². The van der Waals surface area contributed by atoms with Gasteiger partial charge in [-0.1, -0.05) is 0 Å². The minimum atomic E-state index is -0.0328. The minimum absolute atomic E-state index is 0.0328. The van der Waals surface area contributed by atoms with Crippen molar-refractivity contribution in [3.63, 3.8) is 0 Å². The average Bonchev–Trinajstić information content (AvgIpc) is 3.37. The van der Waals surface area contributed by atoms with Gasteiger partial charge < -0.3 is 18.5 Å². The maximum Gasteiger partial charge on any atom is 0.138 e. The Morgan fingerprint density at radius 3 is 2.79 bits per heavy atom. The zero-order valence-corrected chi connectivity index (χ0v) is 13.6. The van der Waals surface area contributed by atoms with Crippen molar-refractivity contribution in [3.05, 3.63) is 72.4 Å². The summed E-state index contributed by atoms with van der Waals surface area (Å²) < 4.78 is 18.7. The molecule has 0 amide bonds. The molecule has 1 aromatic carbocycles. The van der Waals surface area contributed by atoms with E-state index in [2.05, 4.69) is 27.9 Å². The average molecular weight is 324 g/mol. The molecule has 4 rings (SSSR count). The van der Waals surface area contributed by atoms with Gasteiger partial charge in [0.05, 0.1) is 26.5 Å². The van der Waals surface area contributed by atoms with Crippen molar-refractivity contribution in [1.82, 2.24) is 9.47 Å². The van der Waals surface area contributed by atoms with Gasteiger partial charge in [-0.15, -0.1) is 0 Å². The molecule has 124 valence electrons. The number of rotatable bonds is 5. The standard InChI is InChI=1S/C19H20N2O3/c1-22-17-6-4-16(5-7-17)20-9-8-15(13-20)19-21(10-12-24-19)14-18-3-2-11-23-18/h2-9,11,13,19H,10,12,14H2,1H3/t19-/m0/s1. The molecule has 2 aromatic heterocycles. The van der Waals surface area contributed by atoms with Gasteiger partial charge in [-0.25, -0.2) is 0 Å². The van der Waals surface area contributed by atoms with Crippen LogP contribution in [0.25, 0.3) is 5.69 Å². The third kappa shape index (κ3) is 2.96. The predicted molar refractivity (Wildman–Crippen MR) is 90.1 cm³/mol. The molecule has 3 aromatic rings. The molecule has 24 heavy (non-hydrogen) atoms. The summed E-state index contributed by atoms with van der Waals surface area (Å²) in [6.45, 7) is 2.39. The largest absolute Gasteiger partial charge is 0.497 e. The second-order valence-corrected chi connectivity index (χ2v) is 5.82. The van der Waals surface area contributed by atoms with Gasteiger partial charge in [0, 0.05) is 30.2 Å². The van der Waals surface area contributed by atoms with Gasteiger partial charge in [-0.2, -0.15) is 0 Å². The first-order valence-electron chi connectivity index (χ1n) is 8.04. The first-order chi connectivity index (χ1) is 11.8. The zero-order valence-electron chi connectivity index (χ0n) is 13.6. The minimum Gasteiger partial charge on any atom is -0.497 e. The lowest BCUT2D eigenvalue weighted by Crippen LogP contribution is -2.22. The zero-order chi connectivity index (χ0) is 16.4. The van der Waals surface area contributed by atoms with Crippen LogP contribution in [0.15, 0.2) is 65.5 Å². The second kappa shape index (κ2) is 6.55. The van der Waals surface area contributed by atoms with E-state index < -0.39 is 0 Å². The Balaban J connectivity index is 1.52. The summed E-state index contributed by atoms with van der Waals surface area (Å²) in [5, 5.41) is 0. The van der Waals surface area contributed by atoms with Crippen molar-refractivity contribution in [2.45, 2.75) is 12.8 Å². The molecule has 0 spiro atoms. The maximum atomic E-state index is 5.94. The van der Waals surface area contributed by atoms with Crippen molar-refractivity contribution < 1.29 is 13.9 Å². The fourth-order valence-corrected chi connectivity index (χ4v) is 3.05. The van der Waals surface area contributed by atoms with Crippen LogP contribution in [0.4, 0.5) is 0 Å². The number of nitrogens with zero attached hydrogens (tertiary/aromatic N) is 2. The number of ether oxygens (including phenoxy) is 2. The molecule has 3 heterocycles. The van der Waals surface area contributed by atoms with Crippen LogP contribution in [-0.4, -0.2) is 29.7 Å². The molecule has 0 N–H and O–H groups in total. The molecule has 5 heteroatoms. The number of hydrogen-bond acceptors (Lipinski definition) is 4. The molecule has 5 nitrogen and oxygen atoms in total. The van der Waals surface area contributed by atoms with E-state index in [4.69, 9.17) is 13.9 Å². The van der Waals surface area contributed by atoms with Crippen molar-refractivity contribution in [2.75, 3.05) is 20.3 Å². The highest BCUT2D eigenvalue weighted by atomic mass is 16.5. The van der Waals surface area contributed by atoms with Gasteiger partial charge in [0.2, 0.25) is 0 Å². The fraction of sp³-hybridized carbons (Fsp3) is 0.263. The van der Waals surface area contributed by atoms with Crippen molar-refractivity contribution in [3.8, 4) is 11.4 Å². The third-order valence-corrected chi connectivity index (χ3v) is 4.30. The third-order valence-electron chi connectivity index (χ3n) is 4.30. The van der Waals surface area contributed by atoms with E-state index in [0.717, 1.165) is 42.5 Å². The SMILES string of the molecule is COc1ccc(-n2ccc([C@@H]3OCCN3Cc3ccco3)c2)cc1. The van der Waals surface area contributed by atoms with Gasteiger partial charge in [0.15, 0.2) is 0 Å². The summed E-state index contributed by atoms with van der Waals surface area (Å²) >= 11 is 0. The number of furan rings is 1. The first kappa shape index (κ1) is 15.1. The number of hydrogen-bond donors (Lipinski definition) is 0. The van der Waals surface area contributed by atoms with E-state index in [1.807, 2.05) is 36.4 Å². The number of aromatic nitrogens is 1. The summed E-state index contributed by atoms with van der Waals surface area (Å²) in [5.41, 5.74) is 2.24. The molecule has 0 unspecified atom stereocenters. The Morgan fingerprint density at radius 2 is 2.04 bits per heavy atom. The van der Waals surface area contributed by atoms with Gasteiger partial charge in [0.25, 0.3) is 0 Å². The second-order valence-electron chi connectivity index (χ2n) is 5.82. The van der Waals surface area contributed by atoms with E-state index in [-0.39, 0.29) is 6.23 Å². The topological polar surface area (TPSA) is 39.8 Å². The molecule has 1 aliphatic heterocycles. The first-order valence-corrected chi connectivity index (χ1v) is 8.04. The van der Waals surface area contributed by atoms with Gasteiger partial charge in [-0.05, 0) is 42.5 Å². The Morgan fingerprint density at radius 1 is 1.17 bits per heavy atom. The number of benzene rings is 1. The molecule has 1 aliphatic rings. The molecule has 0 aliphatic carbocycles. The Bertz CT molecular complexity index is 777. The Kier molecular flexibility index (Phi) is 4.11. The molecule has 1 fully saturated rings. The van der Waals surface area contributed by atoms with E-state index >= 15 is 0 Å². The van der Waals surface area contributed by atoms with E-state index in [1.54, 1.807) is 13.4 Å². The summed E-state index contributed by atoms with van der Waals surface area (Å²) in [5.74, 6) is 1.81. The molecule has 1 saturated heterocycles.